The number of aliphatic hydroxyl groups is 1. The summed E-state index contributed by atoms with van der Waals surface area (Å²) in [6.45, 7) is 6.29. The van der Waals surface area contributed by atoms with Crippen molar-refractivity contribution in [3.63, 3.8) is 0 Å². The molecule has 0 radical (unpaired) electrons. The molecule has 0 aliphatic carbocycles. The fourth-order valence-corrected chi connectivity index (χ4v) is 6.40. The number of nitrogens with zero attached hydrogens (tertiary/aromatic N) is 2. The molecule has 1 fully saturated rings. The van der Waals surface area contributed by atoms with Crippen molar-refractivity contribution >= 4 is 44.1 Å². The molecule has 0 spiro atoms. The zero-order chi connectivity index (χ0) is 29.4. The first-order valence-electron chi connectivity index (χ1n) is 13.6. The summed E-state index contributed by atoms with van der Waals surface area (Å²) in [6.07, 6.45) is 0. The van der Waals surface area contributed by atoms with Gasteiger partial charge in [0.25, 0.3) is 5.78 Å². The maximum atomic E-state index is 13.8. The van der Waals surface area contributed by atoms with Crippen LogP contribution in [0.4, 0.5) is 5.13 Å². The Morgan fingerprint density at radius 1 is 0.905 bits per heavy atom. The molecule has 1 N–H and O–H groups in total. The summed E-state index contributed by atoms with van der Waals surface area (Å²) < 4.78 is 12.6. The van der Waals surface area contributed by atoms with Gasteiger partial charge in [-0.3, -0.25) is 14.5 Å². The van der Waals surface area contributed by atoms with E-state index in [1.807, 2.05) is 69.3 Å². The molecule has 7 nitrogen and oxygen atoms in total. The monoisotopic (exact) mass is 576 g/mol. The van der Waals surface area contributed by atoms with E-state index in [-0.39, 0.29) is 11.3 Å². The lowest BCUT2D eigenvalue weighted by Gasteiger charge is -2.23. The van der Waals surface area contributed by atoms with Crippen LogP contribution in [0.15, 0.2) is 96.6 Å². The van der Waals surface area contributed by atoms with Crippen molar-refractivity contribution in [2.24, 2.45) is 0 Å². The van der Waals surface area contributed by atoms with Crippen molar-refractivity contribution in [1.82, 2.24) is 4.98 Å². The van der Waals surface area contributed by atoms with Crippen molar-refractivity contribution in [1.29, 1.82) is 0 Å². The topological polar surface area (TPSA) is 89.0 Å². The number of para-hydroxylation sites is 1. The Bertz CT molecular complexity index is 1860. The van der Waals surface area contributed by atoms with Crippen LogP contribution < -0.4 is 14.4 Å². The second-order valence-electron chi connectivity index (χ2n) is 10.0. The lowest BCUT2D eigenvalue weighted by molar-refractivity contribution is -0.132. The van der Waals surface area contributed by atoms with Crippen LogP contribution in [-0.4, -0.2) is 28.4 Å². The number of hydrogen-bond donors (Lipinski definition) is 1. The minimum absolute atomic E-state index is 0.0299. The number of Topliss-reactive ketones (excluding diaryl/α,β-unsaturated/α-hetero) is 1. The number of carbonyl (C=O) groups is 2. The highest BCUT2D eigenvalue weighted by Crippen LogP contribution is 2.45. The average molecular weight is 577 g/mol. The summed E-state index contributed by atoms with van der Waals surface area (Å²) in [5, 5.41) is 12.0. The summed E-state index contributed by atoms with van der Waals surface area (Å²) in [5.41, 5.74) is 3.76. The van der Waals surface area contributed by atoms with E-state index < -0.39 is 17.7 Å². The summed E-state index contributed by atoms with van der Waals surface area (Å²) >= 11 is 1.34. The van der Waals surface area contributed by atoms with E-state index in [0.29, 0.717) is 40.1 Å². The van der Waals surface area contributed by atoms with Gasteiger partial charge in [0.05, 0.1) is 28.4 Å². The zero-order valence-corrected chi connectivity index (χ0v) is 24.1. The Labute approximate surface area is 247 Å². The molecular formula is C34H28N2O5S. The highest BCUT2D eigenvalue weighted by Gasteiger charge is 2.48. The van der Waals surface area contributed by atoms with Crippen LogP contribution in [0, 0.1) is 13.8 Å². The first-order valence-corrected chi connectivity index (χ1v) is 14.4. The van der Waals surface area contributed by atoms with Crippen molar-refractivity contribution in [2.75, 3.05) is 11.5 Å². The van der Waals surface area contributed by atoms with Crippen LogP contribution in [0.3, 0.4) is 0 Å². The van der Waals surface area contributed by atoms with Crippen LogP contribution >= 0.6 is 11.3 Å². The molecule has 42 heavy (non-hydrogen) atoms. The molecule has 1 aliphatic rings. The first-order chi connectivity index (χ1) is 20.3. The minimum atomic E-state index is -0.943. The third kappa shape index (κ3) is 5.01. The van der Waals surface area contributed by atoms with E-state index in [1.165, 1.54) is 16.2 Å². The molecule has 1 saturated heterocycles. The predicted molar refractivity (Wildman–Crippen MR) is 164 cm³/mol. The highest BCUT2D eigenvalue weighted by molar-refractivity contribution is 7.22. The van der Waals surface area contributed by atoms with Crippen molar-refractivity contribution < 1.29 is 24.2 Å². The summed E-state index contributed by atoms with van der Waals surface area (Å²) in [4.78, 5) is 33.7. The van der Waals surface area contributed by atoms with Gasteiger partial charge >= 0.3 is 5.91 Å². The lowest BCUT2D eigenvalue weighted by atomic mass is 9.95. The van der Waals surface area contributed by atoms with E-state index in [1.54, 1.807) is 42.5 Å². The van der Waals surface area contributed by atoms with Gasteiger partial charge in [-0.15, -0.1) is 0 Å². The number of hydrogen-bond acceptors (Lipinski definition) is 7. The summed E-state index contributed by atoms with van der Waals surface area (Å²) in [5.74, 6) is -0.120. The van der Waals surface area contributed by atoms with Crippen LogP contribution in [0.1, 0.15) is 35.2 Å². The van der Waals surface area contributed by atoms with E-state index >= 15 is 0 Å². The van der Waals surface area contributed by atoms with Crippen LogP contribution in [-0.2, 0) is 9.59 Å². The third-order valence-electron chi connectivity index (χ3n) is 7.04. The smallest absolute Gasteiger partial charge is 0.301 e. The predicted octanol–water partition coefficient (Wildman–Crippen LogP) is 7.73. The number of benzene rings is 4. The number of thiazole rings is 1. The molecule has 1 atom stereocenters. The third-order valence-corrected chi connectivity index (χ3v) is 8.04. The fraction of sp³-hybridized carbons (Fsp3) is 0.147. The molecule has 2 heterocycles. The fourth-order valence-electron chi connectivity index (χ4n) is 5.24. The Hall–Kier alpha value is -4.95. The molecule has 6 rings (SSSR count). The average Bonchev–Trinajstić information content (AvgIpc) is 3.52. The Kier molecular flexibility index (Phi) is 7.22. The van der Waals surface area contributed by atoms with Gasteiger partial charge in [0.1, 0.15) is 23.0 Å². The molecule has 1 amide bonds. The Morgan fingerprint density at radius 2 is 1.64 bits per heavy atom. The highest BCUT2D eigenvalue weighted by atomic mass is 32.1. The van der Waals surface area contributed by atoms with Gasteiger partial charge in [-0.05, 0) is 79.9 Å². The number of carbonyl (C=O) groups excluding carboxylic acids is 2. The van der Waals surface area contributed by atoms with Crippen LogP contribution in [0.2, 0.25) is 0 Å². The van der Waals surface area contributed by atoms with E-state index in [9.17, 15) is 14.7 Å². The molecule has 210 valence electrons. The number of anilines is 1. The molecule has 0 saturated carbocycles. The number of fused-ring (bicyclic) bond motifs is 1. The van der Waals surface area contributed by atoms with E-state index in [4.69, 9.17) is 14.5 Å². The zero-order valence-electron chi connectivity index (χ0n) is 23.3. The normalized spacial score (nSPS) is 16.3. The standard InChI is InChI=1S/C34H28N2O5S/c1-4-40-25-14-9-11-23(19-25)31(37)28-30(22-10-8-15-26(18-22)41-24-12-6-5-7-13-24)36(33(39)32(28)38)34-35-29-21(3)16-20(2)17-27(29)42-34/h5-19,30,37H,4H2,1-3H3. The maximum Gasteiger partial charge on any atom is 0.301 e. The van der Waals surface area contributed by atoms with Gasteiger partial charge < -0.3 is 14.6 Å². The Balaban J connectivity index is 1.53. The SMILES string of the molecule is CCOc1cccc(C(O)=C2C(=O)C(=O)N(c3nc4c(C)cc(C)cc4s3)C2c2cccc(Oc3ccccc3)c2)c1. The molecule has 8 heteroatoms. The molecule has 1 aliphatic heterocycles. The number of aromatic nitrogens is 1. The number of rotatable bonds is 7. The van der Waals surface area contributed by atoms with Gasteiger partial charge in [0.15, 0.2) is 5.13 Å². The number of aliphatic hydroxyl groups excluding tert-OH is 1. The van der Waals surface area contributed by atoms with Crippen molar-refractivity contribution in [2.45, 2.75) is 26.8 Å². The van der Waals surface area contributed by atoms with E-state index in [0.717, 1.165) is 21.3 Å². The number of aryl methyl sites for hydroxylation is 2. The number of ether oxygens (including phenoxy) is 2. The largest absolute Gasteiger partial charge is 0.507 e. The van der Waals surface area contributed by atoms with Gasteiger partial charge in [0, 0.05) is 5.56 Å². The molecule has 0 bridgehead atoms. The number of ketones is 1. The van der Waals surface area contributed by atoms with Gasteiger partial charge in [-0.25, -0.2) is 4.98 Å². The quantitative estimate of drug-likeness (QED) is 0.121. The molecule has 1 aromatic heterocycles. The van der Waals surface area contributed by atoms with Crippen LogP contribution in [0.5, 0.6) is 17.2 Å². The summed E-state index contributed by atoms with van der Waals surface area (Å²) in [6, 6.07) is 26.5. The van der Waals surface area contributed by atoms with Crippen molar-refractivity contribution in [3.05, 3.63) is 119 Å². The van der Waals surface area contributed by atoms with Crippen molar-refractivity contribution in [3.8, 4) is 17.2 Å². The van der Waals surface area contributed by atoms with Crippen LogP contribution in [0.25, 0.3) is 16.0 Å². The molecular weight excluding hydrogens is 548 g/mol. The molecule has 4 aromatic carbocycles. The van der Waals surface area contributed by atoms with Gasteiger partial charge in [0.2, 0.25) is 0 Å². The van der Waals surface area contributed by atoms with E-state index in [2.05, 4.69) is 0 Å². The second-order valence-corrected chi connectivity index (χ2v) is 11.1. The Morgan fingerprint density at radius 3 is 2.43 bits per heavy atom. The maximum absolute atomic E-state index is 13.8. The van der Waals surface area contributed by atoms with Gasteiger partial charge in [-0.1, -0.05) is 59.9 Å². The van der Waals surface area contributed by atoms with Gasteiger partial charge in [-0.2, -0.15) is 0 Å². The number of amides is 1. The second kappa shape index (κ2) is 11.1. The first kappa shape index (κ1) is 27.2. The lowest BCUT2D eigenvalue weighted by Crippen LogP contribution is -2.29. The minimum Gasteiger partial charge on any atom is -0.507 e. The molecule has 5 aromatic rings. The molecule has 1 unspecified atom stereocenters. The summed E-state index contributed by atoms with van der Waals surface area (Å²) in [7, 11) is 0.